The molecule has 0 aromatic heterocycles. The highest BCUT2D eigenvalue weighted by Gasteiger charge is 2.08. The highest BCUT2D eigenvalue weighted by Crippen LogP contribution is 2.35. The molecule has 0 spiro atoms. The van der Waals surface area contributed by atoms with Gasteiger partial charge in [-0.2, -0.15) is 0 Å². The van der Waals surface area contributed by atoms with Gasteiger partial charge < -0.3 is 10.5 Å². The van der Waals surface area contributed by atoms with Gasteiger partial charge in [0.25, 0.3) is 0 Å². The first-order valence-corrected chi connectivity index (χ1v) is 6.17. The van der Waals surface area contributed by atoms with Crippen LogP contribution in [0.25, 0.3) is 0 Å². The van der Waals surface area contributed by atoms with Crippen LogP contribution < -0.4 is 10.5 Å². The number of hydrogen-bond donors (Lipinski definition) is 1. The summed E-state index contributed by atoms with van der Waals surface area (Å²) in [5.74, 6) is 1.55. The van der Waals surface area contributed by atoms with Crippen LogP contribution in [0.1, 0.15) is 11.1 Å². The Bertz CT molecular complexity index is 532. The van der Waals surface area contributed by atoms with Crippen LogP contribution in [0.2, 0.25) is 0 Å². The van der Waals surface area contributed by atoms with Crippen molar-refractivity contribution in [3.05, 3.63) is 52.0 Å². The number of hydrogen-bond acceptors (Lipinski definition) is 2. The molecule has 2 N–H and O–H groups in total. The third-order valence-electron chi connectivity index (χ3n) is 2.63. The minimum absolute atomic E-state index is 0.621. The fourth-order valence-corrected chi connectivity index (χ4v) is 2.02. The van der Waals surface area contributed by atoms with Gasteiger partial charge in [0.2, 0.25) is 0 Å². The Labute approximate surface area is 110 Å². The molecular weight excluding hydrogens is 278 g/mol. The molecule has 0 fully saturated rings. The van der Waals surface area contributed by atoms with Gasteiger partial charge in [0.1, 0.15) is 5.75 Å². The van der Waals surface area contributed by atoms with E-state index in [0.717, 1.165) is 21.3 Å². The largest absolute Gasteiger partial charge is 0.455 e. The summed E-state index contributed by atoms with van der Waals surface area (Å²) in [6.45, 7) is 4.05. The average molecular weight is 292 g/mol. The van der Waals surface area contributed by atoms with Crippen molar-refractivity contribution in [1.29, 1.82) is 0 Å². The second-order valence-corrected chi connectivity index (χ2v) is 4.83. The summed E-state index contributed by atoms with van der Waals surface area (Å²) < 4.78 is 6.74. The van der Waals surface area contributed by atoms with Crippen LogP contribution in [0, 0.1) is 13.8 Å². The molecule has 0 aliphatic rings. The van der Waals surface area contributed by atoms with Crippen LogP contribution in [0.4, 0.5) is 5.69 Å². The molecule has 2 aromatic rings. The topological polar surface area (TPSA) is 35.2 Å². The Kier molecular flexibility index (Phi) is 3.38. The highest BCUT2D eigenvalue weighted by molar-refractivity contribution is 9.10. The Morgan fingerprint density at radius 3 is 2.24 bits per heavy atom. The van der Waals surface area contributed by atoms with Gasteiger partial charge in [0.15, 0.2) is 5.75 Å². The first kappa shape index (κ1) is 12.0. The number of ether oxygens (including phenoxy) is 1. The first-order valence-electron chi connectivity index (χ1n) is 5.37. The minimum Gasteiger partial charge on any atom is -0.455 e. The van der Waals surface area contributed by atoms with Crippen molar-refractivity contribution in [2.45, 2.75) is 13.8 Å². The number of anilines is 1. The molecule has 2 rings (SSSR count). The molecule has 3 heteroatoms. The zero-order chi connectivity index (χ0) is 12.4. The van der Waals surface area contributed by atoms with E-state index in [1.165, 1.54) is 0 Å². The molecule has 0 saturated heterocycles. The molecule has 0 bridgehead atoms. The van der Waals surface area contributed by atoms with E-state index in [0.29, 0.717) is 11.4 Å². The molecule has 17 heavy (non-hydrogen) atoms. The second-order valence-electron chi connectivity index (χ2n) is 3.97. The minimum atomic E-state index is 0.621. The number of halogens is 1. The van der Waals surface area contributed by atoms with Crippen molar-refractivity contribution >= 4 is 21.6 Å². The number of nitrogen functional groups attached to an aromatic ring is 1. The summed E-state index contributed by atoms with van der Waals surface area (Å²) in [6, 6.07) is 11.7. The summed E-state index contributed by atoms with van der Waals surface area (Å²) in [5, 5.41) is 0. The van der Waals surface area contributed by atoms with Gasteiger partial charge in [-0.3, -0.25) is 0 Å². The van der Waals surface area contributed by atoms with Crippen molar-refractivity contribution in [2.75, 3.05) is 5.73 Å². The summed E-state index contributed by atoms with van der Waals surface area (Å²) in [7, 11) is 0. The van der Waals surface area contributed by atoms with Crippen molar-refractivity contribution < 1.29 is 4.74 Å². The molecule has 0 aliphatic heterocycles. The number of benzene rings is 2. The predicted octanol–water partition coefficient (Wildman–Crippen LogP) is 4.44. The summed E-state index contributed by atoms with van der Waals surface area (Å²) in [6.07, 6.45) is 0. The van der Waals surface area contributed by atoms with Crippen LogP contribution in [-0.2, 0) is 0 Å². The molecular formula is C14H14BrNO. The second kappa shape index (κ2) is 4.80. The Morgan fingerprint density at radius 1 is 1.00 bits per heavy atom. The molecule has 0 aliphatic carbocycles. The lowest BCUT2D eigenvalue weighted by atomic mass is 10.1. The number of nitrogens with two attached hydrogens (primary N) is 1. The Morgan fingerprint density at radius 2 is 1.59 bits per heavy atom. The lowest BCUT2D eigenvalue weighted by Crippen LogP contribution is -1.95. The molecule has 2 aromatic carbocycles. The third-order valence-corrected chi connectivity index (χ3v) is 3.33. The smallest absolute Gasteiger partial charge is 0.151 e. The maximum atomic E-state index is 5.96. The van der Waals surface area contributed by atoms with E-state index in [1.807, 2.05) is 50.2 Å². The Balaban J connectivity index is 2.42. The van der Waals surface area contributed by atoms with Gasteiger partial charge >= 0.3 is 0 Å². The first-order chi connectivity index (χ1) is 8.09. The SMILES string of the molecule is Cc1cccc(C)c1Oc1cccc(Br)c1N. The zero-order valence-electron chi connectivity index (χ0n) is 9.83. The average Bonchev–Trinajstić information content (AvgIpc) is 2.29. The van der Waals surface area contributed by atoms with E-state index >= 15 is 0 Å². The zero-order valence-corrected chi connectivity index (χ0v) is 11.4. The lowest BCUT2D eigenvalue weighted by Gasteiger charge is -2.13. The van der Waals surface area contributed by atoms with Crippen LogP contribution in [0.3, 0.4) is 0 Å². The fraction of sp³-hybridized carbons (Fsp3) is 0.143. The molecule has 2 nitrogen and oxygen atoms in total. The molecule has 0 saturated carbocycles. The quantitative estimate of drug-likeness (QED) is 0.830. The van der Waals surface area contributed by atoms with Crippen LogP contribution in [0.15, 0.2) is 40.9 Å². The maximum absolute atomic E-state index is 5.96. The van der Waals surface area contributed by atoms with Crippen LogP contribution >= 0.6 is 15.9 Å². The van der Waals surface area contributed by atoms with Crippen LogP contribution in [0.5, 0.6) is 11.5 Å². The van der Waals surface area contributed by atoms with Crippen molar-refractivity contribution in [3.8, 4) is 11.5 Å². The van der Waals surface area contributed by atoms with Gasteiger partial charge in [-0.05, 0) is 53.0 Å². The molecule has 0 heterocycles. The van der Waals surface area contributed by atoms with E-state index in [1.54, 1.807) is 0 Å². The van der Waals surface area contributed by atoms with E-state index < -0.39 is 0 Å². The van der Waals surface area contributed by atoms with Crippen molar-refractivity contribution in [1.82, 2.24) is 0 Å². The van der Waals surface area contributed by atoms with E-state index in [2.05, 4.69) is 15.9 Å². The van der Waals surface area contributed by atoms with E-state index in [9.17, 15) is 0 Å². The van der Waals surface area contributed by atoms with Gasteiger partial charge in [-0.25, -0.2) is 0 Å². The van der Waals surface area contributed by atoms with Gasteiger partial charge in [0.05, 0.1) is 5.69 Å². The number of para-hydroxylation sites is 2. The number of aryl methyl sites for hydroxylation is 2. The van der Waals surface area contributed by atoms with Gasteiger partial charge in [-0.15, -0.1) is 0 Å². The number of rotatable bonds is 2. The predicted molar refractivity (Wildman–Crippen MR) is 74.5 cm³/mol. The van der Waals surface area contributed by atoms with Crippen molar-refractivity contribution in [3.63, 3.8) is 0 Å². The normalized spacial score (nSPS) is 10.3. The van der Waals surface area contributed by atoms with E-state index in [-0.39, 0.29) is 0 Å². The van der Waals surface area contributed by atoms with Crippen LogP contribution in [-0.4, -0.2) is 0 Å². The van der Waals surface area contributed by atoms with Gasteiger partial charge in [0, 0.05) is 4.47 Å². The summed E-state index contributed by atoms with van der Waals surface area (Å²) >= 11 is 3.39. The molecule has 0 radical (unpaired) electrons. The van der Waals surface area contributed by atoms with Gasteiger partial charge in [-0.1, -0.05) is 24.3 Å². The summed E-state index contributed by atoms with van der Waals surface area (Å²) in [5.41, 5.74) is 8.78. The third kappa shape index (κ3) is 2.44. The molecule has 0 amide bonds. The van der Waals surface area contributed by atoms with E-state index in [4.69, 9.17) is 10.5 Å². The Hall–Kier alpha value is -1.48. The summed E-state index contributed by atoms with van der Waals surface area (Å²) in [4.78, 5) is 0. The lowest BCUT2D eigenvalue weighted by molar-refractivity contribution is 0.477. The maximum Gasteiger partial charge on any atom is 0.151 e. The standard InChI is InChI=1S/C14H14BrNO/c1-9-5-3-6-10(2)14(9)17-12-8-4-7-11(15)13(12)16/h3-8H,16H2,1-2H3. The highest BCUT2D eigenvalue weighted by atomic mass is 79.9. The molecule has 0 atom stereocenters. The monoisotopic (exact) mass is 291 g/mol. The molecule has 88 valence electrons. The fourth-order valence-electron chi connectivity index (χ4n) is 1.68. The molecule has 0 unspecified atom stereocenters. The van der Waals surface area contributed by atoms with Crippen molar-refractivity contribution in [2.24, 2.45) is 0 Å².